The molecule has 2 aliphatic carbocycles. The summed E-state index contributed by atoms with van der Waals surface area (Å²) < 4.78 is 30.1. The minimum Gasteiger partial charge on any atom is -0.396 e. The normalized spacial score (nSPS) is 25.8. The van der Waals surface area contributed by atoms with Crippen molar-refractivity contribution in [1.29, 1.82) is 0 Å². The van der Waals surface area contributed by atoms with Gasteiger partial charge >= 0.3 is 0 Å². The van der Waals surface area contributed by atoms with E-state index >= 15 is 9.13 Å². The Morgan fingerprint density at radius 2 is 0.925 bits per heavy atom. The van der Waals surface area contributed by atoms with E-state index < -0.39 is 14.3 Å². The molecular formula is C34H69NO3P2. The van der Waals surface area contributed by atoms with Gasteiger partial charge < -0.3 is 19.1 Å². The van der Waals surface area contributed by atoms with E-state index in [4.69, 9.17) is 0 Å². The Bertz CT molecular complexity index is 785. The van der Waals surface area contributed by atoms with Crippen molar-refractivity contribution in [2.75, 3.05) is 26.2 Å². The monoisotopic (exact) mass is 601 g/mol. The molecule has 6 heteroatoms. The number of nitrogens with zero attached hydrogens (tertiary/aromatic N) is 1. The second kappa shape index (κ2) is 13.6. The summed E-state index contributed by atoms with van der Waals surface area (Å²) in [6, 6.07) is 0. The average molecular weight is 602 g/mol. The van der Waals surface area contributed by atoms with E-state index in [1.165, 1.54) is 25.7 Å². The minimum absolute atomic E-state index is 0.198. The molecule has 2 rings (SSSR count). The summed E-state index contributed by atoms with van der Waals surface area (Å²) in [5.74, 6) is 0.942. The molecule has 0 bridgehead atoms. The van der Waals surface area contributed by atoms with Crippen LogP contribution >= 0.6 is 14.3 Å². The molecule has 2 unspecified atom stereocenters. The number of aliphatic hydroxyl groups excluding tert-OH is 1. The van der Waals surface area contributed by atoms with Gasteiger partial charge in [0.25, 0.3) is 0 Å². The first-order valence-electron chi connectivity index (χ1n) is 16.7. The van der Waals surface area contributed by atoms with Crippen molar-refractivity contribution in [3.05, 3.63) is 0 Å². The Balaban J connectivity index is 2.37. The molecule has 0 heterocycles. The van der Waals surface area contributed by atoms with Gasteiger partial charge in [0, 0.05) is 51.6 Å². The summed E-state index contributed by atoms with van der Waals surface area (Å²) >= 11 is 0. The zero-order valence-corrected chi connectivity index (χ0v) is 30.6. The number of hydrogen-bond donors (Lipinski definition) is 1. The molecule has 0 aromatic rings. The van der Waals surface area contributed by atoms with Crippen molar-refractivity contribution in [2.24, 2.45) is 11.8 Å². The van der Waals surface area contributed by atoms with Crippen LogP contribution in [0, 0.1) is 11.8 Å². The van der Waals surface area contributed by atoms with E-state index in [1.807, 2.05) is 0 Å². The second-order valence-electron chi connectivity index (χ2n) is 17.4. The highest BCUT2D eigenvalue weighted by atomic mass is 31.2. The highest BCUT2D eigenvalue weighted by molar-refractivity contribution is 7.68. The van der Waals surface area contributed by atoms with Crippen molar-refractivity contribution < 1.29 is 14.2 Å². The second-order valence-corrected chi connectivity index (χ2v) is 26.7. The van der Waals surface area contributed by atoms with Crippen LogP contribution in [0.1, 0.15) is 147 Å². The molecule has 0 radical (unpaired) electrons. The highest BCUT2D eigenvalue weighted by Gasteiger charge is 2.56. The maximum absolute atomic E-state index is 15.1. The maximum Gasteiger partial charge on any atom is 0.101 e. The first kappa shape index (κ1) is 36.6. The van der Waals surface area contributed by atoms with Gasteiger partial charge in [-0.3, -0.25) is 0 Å². The fourth-order valence-corrected chi connectivity index (χ4v) is 19.9. The van der Waals surface area contributed by atoms with Gasteiger partial charge in [0.2, 0.25) is 0 Å². The first-order chi connectivity index (χ1) is 18.1. The van der Waals surface area contributed by atoms with Crippen LogP contribution in [0.3, 0.4) is 0 Å². The van der Waals surface area contributed by atoms with Crippen LogP contribution in [0.5, 0.6) is 0 Å². The third-order valence-corrected chi connectivity index (χ3v) is 21.7. The van der Waals surface area contributed by atoms with E-state index in [2.05, 4.69) is 88.0 Å². The Labute approximate surface area is 250 Å². The number of hydrogen-bond acceptors (Lipinski definition) is 4. The van der Waals surface area contributed by atoms with Gasteiger partial charge in [0.15, 0.2) is 0 Å². The van der Waals surface area contributed by atoms with E-state index in [-0.39, 0.29) is 27.2 Å². The van der Waals surface area contributed by atoms with Crippen molar-refractivity contribution in [2.45, 2.75) is 179 Å². The third-order valence-electron chi connectivity index (χ3n) is 10.5. The Morgan fingerprint density at radius 1 is 0.575 bits per heavy atom. The van der Waals surface area contributed by atoms with Crippen LogP contribution in [-0.4, -0.2) is 68.2 Å². The fourth-order valence-electron chi connectivity index (χ4n) is 9.14. The van der Waals surface area contributed by atoms with Gasteiger partial charge in [-0.2, -0.15) is 0 Å². The van der Waals surface area contributed by atoms with Gasteiger partial charge in [-0.25, -0.2) is 0 Å². The van der Waals surface area contributed by atoms with E-state index in [9.17, 15) is 5.11 Å². The largest absolute Gasteiger partial charge is 0.396 e. The molecule has 1 N–H and O–H groups in total. The van der Waals surface area contributed by atoms with Gasteiger partial charge in [-0.1, -0.05) is 109 Å². The lowest BCUT2D eigenvalue weighted by atomic mass is 10.0. The Hall–Kier alpha value is 0.380. The van der Waals surface area contributed by atoms with E-state index in [1.54, 1.807) is 0 Å². The predicted octanol–water partition coefficient (Wildman–Crippen LogP) is 10.1. The van der Waals surface area contributed by atoms with Crippen LogP contribution in [-0.2, 0) is 9.13 Å². The molecule has 0 saturated heterocycles. The van der Waals surface area contributed by atoms with Crippen LogP contribution in [0.2, 0.25) is 0 Å². The summed E-state index contributed by atoms with van der Waals surface area (Å²) in [7, 11) is -5.01. The standard InChI is InChI=1S/C34H69NO3P2/c1-31(2,3)39(37,32(4,5)6)29-21-17-19-27(29)25-35(23-15-13-14-16-24-36)26-28-20-18-22-30(28)40(38,33(7,8)9)34(10,11)12/h27-30,36H,13-26H2,1-12H3/t27-,28+,29?,30?. The maximum atomic E-state index is 15.1. The smallest absolute Gasteiger partial charge is 0.101 e. The number of rotatable bonds is 12. The molecule has 2 aliphatic rings. The average Bonchev–Trinajstić information content (AvgIpc) is 3.44. The quantitative estimate of drug-likeness (QED) is 0.179. The zero-order chi connectivity index (χ0) is 30.8. The van der Waals surface area contributed by atoms with E-state index in [0.717, 1.165) is 58.2 Å². The summed E-state index contributed by atoms with van der Waals surface area (Å²) in [5, 5.41) is 8.47. The van der Waals surface area contributed by atoms with Gasteiger partial charge in [0.1, 0.15) is 14.3 Å². The van der Waals surface area contributed by atoms with Crippen molar-refractivity contribution in [1.82, 2.24) is 4.90 Å². The summed E-state index contributed by atoms with van der Waals surface area (Å²) in [6.45, 7) is 30.0. The Kier molecular flexibility index (Phi) is 12.4. The number of unbranched alkanes of at least 4 members (excludes halogenated alkanes) is 3. The molecule has 0 aromatic carbocycles. The topological polar surface area (TPSA) is 57.6 Å². The van der Waals surface area contributed by atoms with Gasteiger partial charge in [-0.15, -0.1) is 0 Å². The molecular weight excluding hydrogens is 532 g/mol. The third kappa shape index (κ3) is 7.71. The lowest BCUT2D eigenvalue weighted by Gasteiger charge is -2.48. The van der Waals surface area contributed by atoms with Crippen molar-refractivity contribution in [3.8, 4) is 0 Å². The first-order valence-corrected chi connectivity index (χ1v) is 20.2. The van der Waals surface area contributed by atoms with Gasteiger partial charge in [-0.05, 0) is 56.9 Å². The zero-order valence-electron chi connectivity index (χ0n) is 28.8. The molecule has 0 aliphatic heterocycles. The summed E-state index contributed by atoms with van der Waals surface area (Å²) in [5.41, 5.74) is 0.582. The molecule has 2 saturated carbocycles. The Morgan fingerprint density at radius 3 is 1.25 bits per heavy atom. The molecule has 238 valence electrons. The summed E-state index contributed by atoms with van der Waals surface area (Å²) in [4.78, 5) is 2.72. The van der Waals surface area contributed by atoms with E-state index in [0.29, 0.717) is 23.2 Å². The van der Waals surface area contributed by atoms with Crippen molar-refractivity contribution >= 4 is 14.3 Å². The van der Waals surface area contributed by atoms with Gasteiger partial charge in [0.05, 0.1) is 0 Å². The van der Waals surface area contributed by atoms with Crippen LogP contribution < -0.4 is 0 Å². The molecule has 2 fully saturated rings. The van der Waals surface area contributed by atoms with Crippen LogP contribution in [0.4, 0.5) is 0 Å². The SMILES string of the molecule is CC(C)(C)P(=O)(C1CCC[C@@H]1CN(CCCCCCO)C[C@@H]1CCCC1P(=O)(C(C)(C)C)C(C)(C)C)C(C)(C)C. The van der Waals surface area contributed by atoms with Crippen molar-refractivity contribution in [3.63, 3.8) is 0 Å². The number of aliphatic hydroxyl groups is 1. The fraction of sp³-hybridized carbons (Fsp3) is 1.00. The molecule has 4 nitrogen and oxygen atoms in total. The molecule has 4 atom stereocenters. The van der Waals surface area contributed by atoms with Crippen LogP contribution in [0.15, 0.2) is 0 Å². The van der Waals surface area contributed by atoms with Crippen LogP contribution in [0.25, 0.3) is 0 Å². The molecule has 0 amide bonds. The summed E-state index contributed by atoms with van der Waals surface area (Å²) in [6.07, 6.45) is 11.2. The highest BCUT2D eigenvalue weighted by Crippen LogP contribution is 2.74. The molecule has 0 spiro atoms. The lowest BCUT2D eigenvalue weighted by molar-refractivity contribution is 0.194. The lowest BCUT2D eigenvalue weighted by Crippen LogP contribution is -2.43. The molecule has 0 aromatic heterocycles. The predicted molar refractivity (Wildman–Crippen MR) is 178 cm³/mol. The minimum atomic E-state index is -2.51. The molecule has 40 heavy (non-hydrogen) atoms.